The molecule has 4 fully saturated rings. The molecule has 4 heterocycles. The van der Waals surface area contributed by atoms with Gasteiger partial charge in [0.1, 0.15) is 13.5 Å². The van der Waals surface area contributed by atoms with E-state index in [2.05, 4.69) is 27.1 Å². The van der Waals surface area contributed by atoms with E-state index in [0.717, 1.165) is 57.2 Å². The number of likely N-dealkylation sites (tertiary alicyclic amines) is 3. The number of carbonyl (C=O) groups excluding carboxylic acids is 1. The van der Waals surface area contributed by atoms with Gasteiger partial charge in [-0.2, -0.15) is 13.2 Å². The van der Waals surface area contributed by atoms with E-state index in [0.29, 0.717) is 13.1 Å². The van der Waals surface area contributed by atoms with Crippen LogP contribution >= 0.6 is 7.14 Å². The van der Waals surface area contributed by atoms with Gasteiger partial charge in [-0.15, -0.1) is 5.10 Å². The van der Waals surface area contributed by atoms with Gasteiger partial charge in [-0.1, -0.05) is 24.3 Å². The molecule has 1 aliphatic carbocycles. The monoisotopic (exact) mass is 522 g/mol. The van der Waals surface area contributed by atoms with Crippen molar-refractivity contribution in [3.8, 4) is 0 Å². The highest BCUT2D eigenvalue weighted by Crippen LogP contribution is 2.54. The number of aromatic nitrogens is 3. The lowest BCUT2D eigenvalue weighted by Gasteiger charge is -2.63. The van der Waals surface area contributed by atoms with Gasteiger partial charge in [0.05, 0.1) is 6.04 Å². The van der Waals surface area contributed by atoms with Gasteiger partial charge in [-0.3, -0.25) is 4.90 Å². The van der Waals surface area contributed by atoms with Crippen LogP contribution in [-0.2, 0) is 17.3 Å². The van der Waals surface area contributed by atoms with E-state index < -0.39 is 19.1 Å². The quantitative estimate of drug-likeness (QED) is 0.577. The summed E-state index contributed by atoms with van der Waals surface area (Å²) in [6.45, 7) is 9.26. The highest BCUT2D eigenvalue weighted by Gasteiger charge is 2.58. The van der Waals surface area contributed by atoms with E-state index in [-0.39, 0.29) is 22.9 Å². The van der Waals surface area contributed by atoms with E-state index in [1.54, 1.807) is 13.3 Å². The molecule has 6 rings (SSSR count). The van der Waals surface area contributed by atoms with Crippen LogP contribution in [0.3, 0.4) is 0 Å². The normalized spacial score (nSPS) is 23.2. The highest BCUT2D eigenvalue weighted by molar-refractivity contribution is 7.70. The number of amides is 2. The zero-order chi connectivity index (χ0) is 25.5. The topological polar surface area (TPSA) is 74.6 Å². The van der Waals surface area contributed by atoms with Crippen LogP contribution < -0.4 is 5.30 Å². The van der Waals surface area contributed by atoms with Crippen LogP contribution in [0.2, 0.25) is 0 Å². The van der Waals surface area contributed by atoms with E-state index in [9.17, 15) is 22.5 Å². The average Bonchev–Trinajstić information content (AvgIpc) is 3.16. The highest BCUT2D eigenvalue weighted by atomic mass is 31.2. The second-order valence-corrected chi connectivity index (χ2v) is 15.0. The Morgan fingerprint density at radius 3 is 2.11 bits per heavy atom. The number of rotatable bonds is 4. The van der Waals surface area contributed by atoms with E-state index in [4.69, 9.17) is 0 Å². The Morgan fingerprint density at radius 2 is 1.58 bits per heavy atom. The minimum atomic E-state index is -4.53. The van der Waals surface area contributed by atoms with Crippen molar-refractivity contribution in [2.75, 3.05) is 52.6 Å². The second-order valence-electron chi connectivity index (χ2n) is 11.8. The van der Waals surface area contributed by atoms with Crippen molar-refractivity contribution >= 4 is 18.5 Å². The zero-order valence-electron chi connectivity index (χ0n) is 20.4. The van der Waals surface area contributed by atoms with Gasteiger partial charge in [-0.05, 0) is 31.7 Å². The summed E-state index contributed by atoms with van der Waals surface area (Å²) in [5.74, 6) is -1.10. The van der Waals surface area contributed by atoms with Gasteiger partial charge in [0, 0.05) is 61.9 Å². The summed E-state index contributed by atoms with van der Waals surface area (Å²) in [6.07, 6.45) is -1.91. The molecular weight excluding hydrogens is 492 g/mol. The van der Waals surface area contributed by atoms with Gasteiger partial charge >= 0.3 is 12.2 Å². The Labute approximate surface area is 207 Å². The fourth-order valence-electron chi connectivity index (χ4n) is 6.40. The summed E-state index contributed by atoms with van der Waals surface area (Å²) in [5.41, 5.74) is 1.42. The fraction of sp³-hybridized carbons (Fsp3) is 0.625. The molecule has 0 N–H and O–H groups in total. The first-order valence-corrected chi connectivity index (χ1v) is 14.8. The van der Waals surface area contributed by atoms with Crippen molar-refractivity contribution in [2.45, 2.75) is 31.6 Å². The van der Waals surface area contributed by atoms with Crippen LogP contribution in [0.4, 0.5) is 18.0 Å². The van der Waals surface area contributed by atoms with Gasteiger partial charge in [-0.25, -0.2) is 14.5 Å². The largest absolute Gasteiger partial charge is 0.453 e. The van der Waals surface area contributed by atoms with E-state index in [1.165, 1.54) is 10.2 Å². The zero-order valence-corrected chi connectivity index (χ0v) is 21.3. The molecule has 0 atom stereocenters. The molecule has 3 aliphatic heterocycles. The Hall–Kier alpha value is -2.39. The first-order valence-electron chi connectivity index (χ1n) is 12.2. The molecule has 1 aromatic heterocycles. The summed E-state index contributed by atoms with van der Waals surface area (Å²) >= 11 is 0. The summed E-state index contributed by atoms with van der Waals surface area (Å²) < 4.78 is 51.7. The molecular formula is C24H30F3N6O2P. The summed E-state index contributed by atoms with van der Waals surface area (Å²) in [6, 6.07) is 8.03. The molecule has 0 bridgehead atoms. The summed E-state index contributed by atoms with van der Waals surface area (Å²) in [4.78, 5) is 22.4. The third kappa shape index (κ3) is 4.14. The minimum Gasteiger partial charge on any atom is -0.323 e. The Morgan fingerprint density at radius 1 is 1.00 bits per heavy atom. The molecule has 8 nitrogen and oxygen atoms in total. The standard InChI is InChI=1S/C24H30F3N6O2P/c1-36(2,35)19-5-3-17(4-6-19)9-30-10-23(11-30)14-32(15-23)21(34)31-12-22(13-31)7-18(8-22)33-16-28-20(29-33)24(25,26)27/h3-6,16,18H,7-15H2,1-2H3. The maximum Gasteiger partial charge on any atom is 0.453 e. The molecule has 36 heavy (non-hydrogen) atoms. The molecule has 1 aromatic carbocycles. The first-order chi connectivity index (χ1) is 16.8. The van der Waals surface area contributed by atoms with Crippen molar-refractivity contribution in [1.82, 2.24) is 29.5 Å². The lowest BCUT2D eigenvalue weighted by molar-refractivity contribution is -0.145. The molecule has 4 aliphatic rings. The maximum atomic E-state index is 12.9. The minimum absolute atomic E-state index is 0.0132. The van der Waals surface area contributed by atoms with Crippen molar-refractivity contribution in [1.29, 1.82) is 0 Å². The van der Waals surface area contributed by atoms with Gasteiger partial charge in [0.25, 0.3) is 5.82 Å². The lowest BCUT2D eigenvalue weighted by Crippen LogP contribution is -2.75. The van der Waals surface area contributed by atoms with Crippen LogP contribution in [0.15, 0.2) is 30.6 Å². The van der Waals surface area contributed by atoms with E-state index >= 15 is 0 Å². The van der Waals surface area contributed by atoms with Crippen LogP contribution in [0.5, 0.6) is 0 Å². The fourth-order valence-corrected chi connectivity index (χ4v) is 7.26. The van der Waals surface area contributed by atoms with Crippen molar-refractivity contribution in [3.63, 3.8) is 0 Å². The third-order valence-electron chi connectivity index (χ3n) is 8.20. The number of alkyl halides is 3. The molecule has 2 aromatic rings. The number of halogens is 3. The Bertz CT molecular complexity index is 1210. The number of hydrogen-bond acceptors (Lipinski definition) is 5. The first kappa shape index (κ1) is 24.0. The molecule has 2 spiro atoms. The molecule has 194 valence electrons. The molecule has 3 saturated heterocycles. The molecule has 12 heteroatoms. The number of benzene rings is 1. The Kier molecular flexibility index (Phi) is 5.20. The van der Waals surface area contributed by atoms with Crippen molar-refractivity contribution in [3.05, 3.63) is 42.0 Å². The van der Waals surface area contributed by atoms with Crippen molar-refractivity contribution < 1.29 is 22.5 Å². The second kappa shape index (κ2) is 7.81. The number of carbonyl (C=O) groups is 1. The summed E-state index contributed by atoms with van der Waals surface area (Å²) in [5, 5.41) is 4.49. The Balaban J connectivity index is 0.924. The molecule has 0 unspecified atom stereocenters. The third-order valence-corrected chi connectivity index (χ3v) is 9.74. The van der Waals surface area contributed by atoms with Crippen LogP contribution in [0.25, 0.3) is 0 Å². The maximum absolute atomic E-state index is 12.9. The van der Waals surface area contributed by atoms with Crippen LogP contribution in [-0.4, -0.2) is 88.1 Å². The van der Waals surface area contributed by atoms with Crippen LogP contribution in [0.1, 0.15) is 30.3 Å². The predicted octanol–water partition coefficient (Wildman–Crippen LogP) is 3.12. The molecule has 1 saturated carbocycles. The average molecular weight is 523 g/mol. The van der Waals surface area contributed by atoms with Gasteiger partial charge in [0.2, 0.25) is 0 Å². The smallest absolute Gasteiger partial charge is 0.323 e. The number of urea groups is 1. The molecule has 2 amide bonds. The predicted molar refractivity (Wildman–Crippen MR) is 128 cm³/mol. The SMILES string of the molecule is CP(C)(=O)c1ccc(CN2CC3(C2)CN(C(=O)N2CC4(CC(n5cnc(C(F)(F)F)n5)C4)C2)C3)cc1. The van der Waals surface area contributed by atoms with E-state index in [1.807, 2.05) is 21.9 Å². The van der Waals surface area contributed by atoms with Crippen molar-refractivity contribution in [2.24, 2.45) is 10.8 Å². The summed E-state index contributed by atoms with van der Waals surface area (Å²) in [7, 11) is -2.23. The number of hydrogen-bond donors (Lipinski definition) is 0. The van der Waals surface area contributed by atoms with Gasteiger partial charge in [0.15, 0.2) is 0 Å². The molecule has 0 radical (unpaired) electrons. The van der Waals surface area contributed by atoms with Gasteiger partial charge < -0.3 is 14.4 Å². The lowest BCUT2D eigenvalue weighted by atomic mass is 9.60. The van der Waals surface area contributed by atoms with Crippen LogP contribution in [0, 0.1) is 10.8 Å². The number of nitrogens with zero attached hydrogens (tertiary/aromatic N) is 6.